The van der Waals surface area contributed by atoms with Gasteiger partial charge in [0.1, 0.15) is 5.75 Å². The Hall–Kier alpha value is -3.06. The molecule has 0 aliphatic heterocycles. The van der Waals surface area contributed by atoms with Gasteiger partial charge in [-0.05, 0) is 38.1 Å². The molecule has 7 heteroatoms. The highest BCUT2D eigenvalue weighted by molar-refractivity contribution is 6.04. The number of carbonyl (C=O) groups is 1. The van der Waals surface area contributed by atoms with Crippen molar-refractivity contribution in [3.05, 3.63) is 36.4 Å². The normalized spacial score (nSPS) is 11.6. The van der Waals surface area contributed by atoms with Crippen LogP contribution in [0.1, 0.15) is 13.8 Å². The van der Waals surface area contributed by atoms with Gasteiger partial charge in [-0.3, -0.25) is 0 Å². The molecule has 7 nitrogen and oxygen atoms in total. The lowest BCUT2D eigenvalue weighted by Crippen LogP contribution is -2.32. The van der Waals surface area contributed by atoms with E-state index in [0.717, 1.165) is 40.2 Å². The van der Waals surface area contributed by atoms with Crippen LogP contribution in [-0.2, 0) is 4.79 Å². The van der Waals surface area contributed by atoms with Crippen molar-refractivity contribution >= 4 is 39.1 Å². The van der Waals surface area contributed by atoms with Crippen LogP contribution < -0.4 is 26.3 Å². The molecule has 0 amide bonds. The molecule has 0 spiro atoms. The van der Waals surface area contributed by atoms with E-state index in [9.17, 15) is 9.90 Å². The second-order valence-electron chi connectivity index (χ2n) is 5.48. The summed E-state index contributed by atoms with van der Waals surface area (Å²) >= 11 is 0. The quantitative estimate of drug-likeness (QED) is 0.468. The number of carboxylic acids is 1. The van der Waals surface area contributed by atoms with Crippen molar-refractivity contribution in [2.75, 3.05) is 18.1 Å². The Morgan fingerprint density at radius 1 is 1.20 bits per heavy atom. The highest BCUT2D eigenvalue weighted by Crippen LogP contribution is 2.29. The molecule has 1 heterocycles. The third-order valence-corrected chi connectivity index (χ3v) is 3.54. The van der Waals surface area contributed by atoms with Gasteiger partial charge in [0.15, 0.2) is 0 Å². The van der Waals surface area contributed by atoms with Crippen LogP contribution in [0.2, 0.25) is 0 Å². The number of benzene rings is 2. The minimum absolute atomic E-state index is 0.638. The predicted octanol–water partition coefficient (Wildman–Crippen LogP) is 0.487. The number of aliphatic hydroxyl groups is 1. The molecule has 1 atom stereocenters. The number of fused-ring (bicyclic) bond motifs is 2. The molecule has 0 radical (unpaired) electrons. The second-order valence-corrected chi connectivity index (χ2v) is 5.48. The number of anilines is 2. The summed E-state index contributed by atoms with van der Waals surface area (Å²) in [6.45, 7) is 3.73. The Kier molecular flexibility index (Phi) is 5.61. The Morgan fingerprint density at radius 3 is 2.48 bits per heavy atom. The second kappa shape index (κ2) is 7.67. The highest BCUT2D eigenvalue weighted by atomic mass is 16.5. The van der Waals surface area contributed by atoms with Gasteiger partial charge >= 0.3 is 0 Å². The number of nitrogens with two attached hydrogens (primary N) is 2. The zero-order valence-electron chi connectivity index (χ0n) is 14.1. The number of aliphatic hydroxyl groups excluding tert-OH is 1. The number of aromatic nitrogens is 1. The molecule has 2 aromatic carbocycles. The molecule has 0 bridgehead atoms. The number of nitrogens with one attached hydrogen (secondary N) is 1. The van der Waals surface area contributed by atoms with Crippen LogP contribution in [0.25, 0.3) is 21.8 Å². The van der Waals surface area contributed by atoms with Gasteiger partial charge in [0.2, 0.25) is 11.0 Å². The average Bonchev–Trinajstić information content (AvgIpc) is 2.56. The largest absolute Gasteiger partial charge is 0.547 e. The molecule has 3 aromatic rings. The zero-order valence-corrected chi connectivity index (χ0v) is 14.1. The third kappa shape index (κ3) is 4.27. The number of aliphatic carboxylic acids is 1. The number of rotatable bonds is 3. The van der Waals surface area contributed by atoms with Gasteiger partial charge < -0.3 is 31.2 Å². The van der Waals surface area contributed by atoms with Gasteiger partial charge in [-0.25, -0.2) is 4.98 Å². The van der Waals surface area contributed by atoms with E-state index in [1.165, 1.54) is 0 Å². The SMILES string of the molecule is CCOc1ccc2[nH+]c3cc(N)ccc3c(N)c2c1.C[C@@H](O)C(=O)[O-]. The van der Waals surface area contributed by atoms with E-state index < -0.39 is 12.1 Å². The van der Waals surface area contributed by atoms with Gasteiger partial charge in [0.05, 0.1) is 35.1 Å². The summed E-state index contributed by atoms with van der Waals surface area (Å²) in [5.74, 6) is -0.611. The van der Waals surface area contributed by atoms with Crippen molar-refractivity contribution in [3.63, 3.8) is 0 Å². The first-order valence-corrected chi connectivity index (χ1v) is 7.79. The minimum Gasteiger partial charge on any atom is -0.547 e. The number of carbonyl (C=O) groups excluding carboxylic acids is 1. The van der Waals surface area contributed by atoms with Crippen LogP contribution in [-0.4, -0.2) is 23.8 Å². The smallest absolute Gasteiger partial charge is 0.215 e. The molecule has 1 aromatic heterocycles. The average molecular weight is 343 g/mol. The molecule has 3 rings (SSSR count). The van der Waals surface area contributed by atoms with Crippen molar-refractivity contribution in [3.8, 4) is 5.75 Å². The molecule has 132 valence electrons. The summed E-state index contributed by atoms with van der Waals surface area (Å²) in [5.41, 5.74) is 15.4. The van der Waals surface area contributed by atoms with Crippen molar-refractivity contribution in [2.24, 2.45) is 0 Å². The molecule has 0 aliphatic carbocycles. The fourth-order valence-corrected chi connectivity index (χ4v) is 2.30. The van der Waals surface area contributed by atoms with Crippen LogP contribution >= 0.6 is 0 Å². The van der Waals surface area contributed by atoms with Crippen molar-refractivity contribution < 1.29 is 24.7 Å². The molecule has 0 saturated carbocycles. The molecule has 0 aliphatic rings. The standard InChI is InChI=1S/C15H15N3O.C3H6O3/c1-2-19-10-4-6-13-12(8-10)15(17)11-5-3-9(16)7-14(11)18-13;1-2(4)3(5)6/h3-8H,2,16H2,1H3,(H2,17,18);2,4H,1H3,(H,5,6)/t;2-/m.1/s1. The monoisotopic (exact) mass is 343 g/mol. The first-order valence-electron chi connectivity index (χ1n) is 7.79. The van der Waals surface area contributed by atoms with Gasteiger partial charge in [-0.15, -0.1) is 0 Å². The van der Waals surface area contributed by atoms with Gasteiger partial charge in [0.25, 0.3) is 0 Å². The number of hydrogen-bond donors (Lipinski definition) is 3. The number of ether oxygens (including phenoxy) is 1. The summed E-state index contributed by atoms with van der Waals surface area (Å²) < 4.78 is 5.51. The fourth-order valence-electron chi connectivity index (χ4n) is 2.30. The van der Waals surface area contributed by atoms with Gasteiger partial charge in [0, 0.05) is 17.8 Å². The lowest BCUT2D eigenvalue weighted by Gasteiger charge is -2.06. The summed E-state index contributed by atoms with van der Waals surface area (Å²) in [6.07, 6.45) is -1.34. The molecule has 0 fully saturated rings. The number of pyridine rings is 1. The van der Waals surface area contributed by atoms with E-state index in [0.29, 0.717) is 12.3 Å². The van der Waals surface area contributed by atoms with Crippen molar-refractivity contribution in [2.45, 2.75) is 20.0 Å². The van der Waals surface area contributed by atoms with E-state index >= 15 is 0 Å². The van der Waals surface area contributed by atoms with Gasteiger partial charge in [-0.1, -0.05) is 0 Å². The molecule has 0 unspecified atom stereocenters. The Bertz CT molecular complexity index is 910. The van der Waals surface area contributed by atoms with E-state index in [-0.39, 0.29) is 0 Å². The number of aromatic amines is 1. The van der Waals surface area contributed by atoms with Crippen molar-refractivity contribution in [1.29, 1.82) is 0 Å². The van der Waals surface area contributed by atoms with E-state index in [2.05, 4.69) is 4.98 Å². The van der Waals surface area contributed by atoms with Crippen LogP contribution in [0.3, 0.4) is 0 Å². The zero-order chi connectivity index (χ0) is 18.6. The molecular weight excluding hydrogens is 322 g/mol. The summed E-state index contributed by atoms with van der Waals surface area (Å²) in [6, 6.07) is 11.5. The molecule has 0 saturated heterocycles. The number of carboxylic acid groups (broad SMARTS) is 1. The van der Waals surface area contributed by atoms with E-state index in [4.69, 9.17) is 21.3 Å². The minimum atomic E-state index is -1.44. The van der Waals surface area contributed by atoms with Crippen LogP contribution in [0.4, 0.5) is 11.4 Å². The van der Waals surface area contributed by atoms with Crippen LogP contribution in [0.5, 0.6) is 5.75 Å². The predicted molar refractivity (Wildman–Crippen MR) is 94.7 cm³/mol. The first kappa shape index (κ1) is 18.3. The van der Waals surface area contributed by atoms with E-state index in [1.54, 1.807) is 0 Å². The first-order chi connectivity index (χ1) is 11.8. The summed E-state index contributed by atoms with van der Waals surface area (Å²) in [5, 5.41) is 19.2. The molecular formula is C18H21N3O4. The Labute approximate surface area is 144 Å². The fraction of sp³-hybridized carbons (Fsp3) is 0.222. The Morgan fingerprint density at radius 2 is 1.88 bits per heavy atom. The summed E-state index contributed by atoms with van der Waals surface area (Å²) in [4.78, 5) is 12.7. The van der Waals surface area contributed by atoms with Crippen LogP contribution in [0, 0.1) is 0 Å². The maximum Gasteiger partial charge on any atom is 0.215 e. The molecule has 6 N–H and O–H groups in total. The summed E-state index contributed by atoms with van der Waals surface area (Å²) in [7, 11) is 0. The topological polar surface area (TPSA) is 136 Å². The van der Waals surface area contributed by atoms with Crippen LogP contribution in [0.15, 0.2) is 36.4 Å². The highest BCUT2D eigenvalue weighted by Gasteiger charge is 2.12. The number of H-pyrrole nitrogens is 1. The number of nitrogen functional groups attached to an aromatic ring is 2. The lowest BCUT2D eigenvalue weighted by atomic mass is 10.1. The van der Waals surface area contributed by atoms with Crippen molar-refractivity contribution in [1.82, 2.24) is 0 Å². The number of hydrogen-bond acceptors (Lipinski definition) is 6. The maximum atomic E-state index is 9.34. The van der Waals surface area contributed by atoms with E-state index in [1.807, 2.05) is 43.3 Å². The van der Waals surface area contributed by atoms with Gasteiger partial charge in [-0.2, -0.15) is 0 Å². The molecule has 25 heavy (non-hydrogen) atoms. The third-order valence-electron chi connectivity index (χ3n) is 3.54. The lowest BCUT2D eigenvalue weighted by molar-refractivity contribution is -0.314. The Balaban J connectivity index is 0.000000326. The maximum absolute atomic E-state index is 9.34.